The highest BCUT2D eigenvalue weighted by Crippen LogP contribution is 2.28. The molecule has 1 saturated carbocycles. The fraction of sp³-hybridized carbons (Fsp3) is 0.750. The Bertz CT molecular complexity index is 527. The van der Waals surface area contributed by atoms with Crippen molar-refractivity contribution in [3.8, 4) is 0 Å². The molecule has 5 nitrogen and oxygen atoms in total. The van der Waals surface area contributed by atoms with Crippen LogP contribution in [0.1, 0.15) is 44.8 Å². The Morgan fingerprint density at radius 1 is 1.35 bits per heavy atom. The summed E-state index contributed by atoms with van der Waals surface area (Å²) in [4.78, 5) is 4.87. The minimum absolute atomic E-state index is 0.530. The van der Waals surface area contributed by atoms with E-state index in [9.17, 15) is 0 Å². The van der Waals surface area contributed by atoms with Crippen LogP contribution in [0.5, 0.6) is 0 Å². The first-order valence-corrected chi connectivity index (χ1v) is 11.1. The highest BCUT2D eigenvalue weighted by molar-refractivity contribution is 7.99. The number of rotatable bonds is 8. The van der Waals surface area contributed by atoms with Crippen LogP contribution in [0.25, 0.3) is 0 Å². The number of guanidine groups is 1. The zero-order chi connectivity index (χ0) is 18.0. The first kappa shape index (κ1) is 19.6. The molecule has 2 heterocycles. The quantitative estimate of drug-likeness (QED) is 0.535. The van der Waals surface area contributed by atoms with Crippen molar-refractivity contribution in [1.82, 2.24) is 10.6 Å². The second-order valence-electron chi connectivity index (χ2n) is 7.26. The maximum atomic E-state index is 5.49. The molecule has 1 aliphatic carbocycles. The van der Waals surface area contributed by atoms with E-state index in [0.717, 1.165) is 56.1 Å². The average molecular weight is 380 g/mol. The molecule has 1 aliphatic heterocycles. The van der Waals surface area contributed by atoms with Crippen LogP contribution in [-0.4, -0.2) is 49.3 Å². The number of hydrogen-bond donors (Lipinski definition) is 2. The van der Waals surface area contributed by atoms with E-state index >= 15 is 0 Å². The number of hydrogen-bond acceptors (Lipinski definition) is 4. The van der Waals surface area contributed by atoms with Crippen molar-refractivity contribution >= 4 is 17.7 Å². The predicted molar refractivity (Wildman–Crippen MR) is 109 cm³/mol. The summed E-state index contributed by atoms with van der Waals surface area (Å²) >= 11 is 2.10. The Hall–Kier alpha value is -1.14. The van der Waals surface area contributed by atoms with Crippen molar-refractivity contribution in [3.63, 3.8) is 0 Å². The number of aliphatic imine (C=N–C) groups is 1. The van der Waals surface area contributed by atoms with E-state index in [2.05, 4.69) is 29.3 Å². The summed E-state index contributed by atoms with van der Waals surface area (Å²) in [7, 11) is 0. The first-order chi connectivity index (χ1) is 12.8. The van der Waals surface area contributed by atoms with Crippen LogP contribution in [0.2, 0.25) is 0 Å². The smallest absolute Gasteiger partial charge is 0.191 e. The van der Waals surface area contributed by atoms with Gasteiger partial charge in [-0.1, -0.05) is 13.3 Å². The summed E-state index contributed by atoms with van der Waals surface area (Å²) in [6.07, 6.45) is 8.88. The van der Waals surface area contributed by atoms with Crippen LogP contribution < -0.4 is 10.6 Å². The summed E-state index contributed by atoms with van der Waals surface area (Å²) in [5, 5.41) is 8.00. The minimum atomic E-state index is 0.530. The van der Waals surface area contributed by atoms with Crippen LogP contribution in [0.15, 0.2) is 27.8 Å². The largest absolute Gasteiger partial charge is 0.469 e. The van der Waals surface area contributed by atoms with Crippen LogP contribution in [0, 0.1) is 5.92 Å². The van der Waals surface area contributed by atoms with Crippen LogP contribution in [-0.2, 0) is 11.2 Å². The molecule has 0 bridgehead atoms. The second-order valence-corrected chi connectivity index (χ2v) is 8.84. The fourth-order valence-electron chi connectivity index (χ4n) is 3.72. The van der Waals surface area contributed by atoms with Crippen LogP contribution >= 0.6 is 11.8 Å². The second kappa shape index (κ2) is 10.9. The van der Waals surface area contributed by atoms with Gasteiger partial charge in [0.2, 0.25) is 0 Å². The third kappa shape index (κ3) is 6.54. The number of furan rings is 1. The van der Waals surface area contributed by atoms with E-state index in [0.29, 0.717) is 12.0 Å². The van der Waals surface area contributed by atoms with Gasteiger partial charge in [0.1, 0.15) is 5.76 Å². The average Bonchev–Trinajstić information content (AvgIpc) is 3.34. The SMILES string of the molecule is CCSC1CCCC(NC(=NCC2CCOC2)NCCc2ccco2)C1. The van der Waals surface area contributed by atoms with Gasteiger partial charge >= 0.3 is 0 Å². The van der Waals surface area contributed by atoms with Gasteiger partial charge in [0.05, 0.1) is 12.9 Å². The molecule has 3 atom stereocenters. The third-order valence-corrected chi connectivity index (χ3v) is 6.38. The molecule has 3 rings (SSSR count). The number of nitrogens with one attached hydrogen (secondary N) is 2. The molecule has 146 valence electrons. The molecule has 26 heavy (non-hydrogen) atoms. The minimum Gasteiger partial charge on any atom is -0.469 e. The molecule has 2 aliphatic rings. The van der Waals surface area contributed by atoms with Crippen molar-refractivity contribution in [1.29, 1.82) is 0 Å². The zero-order valence-corrected chi connectivity index (χ0v) is 16.7. The van der Waals surface area contributed by atoms with Gasteiger partial charge in [0, 0.05) is 43.3 Å². The van der Waals surface area contributed by atoms with E-state index in [1.807, 2.05) is 12.1 Å². The molecular formula is C20H33N3O2S. The Morgan fingerprint density at radius 3 is 3.08 bits per heavy atom. The van der Waals surface area contributed by atoms with Gasteiger partial charge in [-0.25, -0.2) is 0 Å². The summed E-state index contributed by atoms with van der Waals surface area (Å²) in [6.45, 7) is 5.67. The lowest BCUT2D eigenvalue weighted by atomic mass is 9.95. The molecule has 0 amide bonds. The van der Waals surface area contributed by atoms with E-state index in [1.165, 1.54) is 31.4 Å². The molecule has 0 spiro atoms. The van der Waals surface area contributed by atoms with Crippen molar-refractivity contribution in [2.45, 2.75) is 56.7 Å². The Kier molecular flexibility index (Phi) is 8.21. The Balaban J connectivity index is 1.51. The molecule has 0 radical (unpaired) electrons. The molecule has 2 fully saturated rings. The lowest BCUT2D eigenvalue weighted by molar-refractivity contribution is 0.187. The number of nitrogens with zero attached hydrogens (tertiary/aromatic N) is 1. The van der Waals surface area contributed by atoms with E-state index in [4.69, 9.17) is 14.1 Å². The number of thioether (sulfide) groups is 1. The van der Waals surface area contributed by atoms with Crippen molar-refractivity contribution < 1.29 is 9.15 Å². The van der Waals surface area contributed by atoms with Gasteiger partial charge < -0.3 is 19.8 Å². The normalized spacial score (nSPS) is 26.8. The molecule has 1 saturated heterocycles. The summed E-state index contributed by atoms with van der Waals surface area (Å²) in [5.74, 6) is 3.74. The summed E-state index contributed by atoms with van der Waals surface area (Å²) < 4.78 is 10.9. The predicted octanol–water partition coefficient (Wildman–Crippen LogP) is 3.46. The topological polar surface area (TPSA) is 58.8 Å². The Labute approximate surface area is 161 Å². The summed E-state index contributed by atoms with van der Waals surface area (Å²) in [5.41, 5.74) is 0. The van der Waals surface area contributed by atoms with Crippen LogP contribution in [0.4, 0.5) is 0 Å². The first-order valence-electron chi connectivity index (χ1n) is 10.1. The molecule has 1 aromatic heterocycles. The van der Waals surface area contributed by atoms with Crippen LogP contribution in [0.3, 0.4) is 0 Å². The molecule has 2 N–H and O–H groups in total. The highest BCUT2D eigenvalue weighted by atomic mass is 32.2. The fourth-order valence-corrected chi connectivity index (χ4v) is 4.89. The molecule has 1 aromatic rings. The van der Waals surface area contributed by atoms with Gasteiger partial charge in [0.15, 0.2) is 5.96 Å². The van der Waals surface area contributed by atoms with Crippen molar-refractivity contribution in [2.24, 2.45) is 10.9 Å². The molecule has 3 unspecified atom stereocenters. The monoisotopic (exact) mass is 379 g/mol. The zero-order valence-electron chi connectivity index (χ0n) is 15.9. The van der Waals surface area contributed by atoms with E-state index in [-0.39, 0.29) is 0 Å². The van der Waals surface area contributed by atoms with Gasteiger partial charge in [-0.3, -0.25) is 4.99 Å². The van der Waals surface area contributed by atoms with Crippen molar-refractivity contribution in [3.05, 3.63) is 24.2 Å². The van der Waals surface area contributed by atoms with Gasteiger partial charge in [-0.15, -0.1) is 0 Å². The van der Waals surface area contributed by atoms with E-state index in [1.54, 1.807) is 6.26 Å². The lowest BCUT2D eigenvalue weighted by Gasteiger charge is -2.30. The third-order valence-electron chi connectivity index (χ3n) is 5.14. The highest BCUT2D eigenvalue weighted by Gasteiger charge is 2.23. The maximum absolute atomic E-state index is 5.49. The van der Waals surface area contributed by atoms with E-state index < -0.39 is 0 Å². The molecular weight excluding hydrogens is 346 g/mol. The van der Waals surface area contributed by atoms with Gasteiger partial charge in [-0.05, 0) is 43.6 Å². The van der Waals surface area contributed by atoms with Gasteiger partial charge in [0.25, 0.3) is 0 Å². The molecule has 6 heteroatoms. The summed E-state index contributed by atoms with van der Waals surface area (Å²) in [6, 6.07) is 4.49. The lowest BCUT2D eigenvalue weighted by Crippen LogP contribution is -2.46. The van der Waals surface area contributed by atoms with Crippen molar-refractivity contribution in [2.75, 3.05) is 32.1 Å². The number of ether oxygens (including phenoxy) is 1. The standard InChI is InChI=1S/C20H33N3O2S/c1-2-26-19-7-3-5-17(13-19)23-20(22-14-16-9-12-24-15-16)21-10-8-18-6-4-11-25-18/h4,6,11,16-17,19H,2-3,5,7-10,12-15H2,1H3,(H2,21,22,23). The molecule has 0 aromatic carbocycles. The Morgan fingerprint density at radius 2 is 2.31 bits per heavy atom. The maximum Gasteiger partial charge on any atom is 0.191 e. The van der Waals surface area contributed by atoms with Gasteiger partial charge in [-0.2, -0.15) is 11.8 Å².